The van der Waals surface area contributed by atoms with Crippen molar-refractivity contribution in [2.75, 3.05) is 5.73 Å². The molecular formula is C14H11NO4. The van der Waals surface area contributed by atoms with Crippen LogP contribution in [0.4, 0.5) is 5.69 Å². The molecule has 0 amide bonds. The second-order valence-electron chi connectivity index (χ2n) is 3.69. The second-order valence-corrected chi connectivity index (χ2v) is 3.69. The van der Waals surface area contributed by atoms with Gasteiger partial charge in [-0.3, -0.25) is 0 Å². The number of nitrogens with two attached hydrogens (primary N) is 1. The third-order valence-electron chi connectivity index (χ3n) is 2.38. The van der Waals surface area contributed by atoms with Crippen molar-refractivity contribution in [2.24, 2.45) is 0 Å². The third-order valence-corrected chi connectivity index (χ3v) is 2.38. The van der Waals surface area contributed by atoms with Gasteiger partial charge in [-0.1, -0.05) is 30.3 Å². The Balaban J connectivity index is 1.98. The zero-order valence-corrected chi connectivity index (χ0v) is 9.91. The lowest BCUT2D eigenvalue weighted by atomic mass is 10.2. The van der Waals surface area contributed by atoms with Gasteiger partial charge in [0.2, 0.25) is 0 Å². The van der Waals surface area contributed by atoms with E-state index in [0.717, 1.165) is 0 Å². The monoisotopic (exact) mass is 257 g/mol. The average molecular weight is 257 g/mol. The highest BCUT2D eigenvalue weighted by Gasteiger charge is 2.15. The predicted octanol–water partition coefficient (Wildman–Crippen LogP) is 2.20. The number of nitrogen functional groups attached to an aromatic ring is 1. The number of benzene rings is 2. The van der Waals surface area contributed by atoms with Gasteiger partial charge in [-0.2, -0.15) is 0 Å². The van der Waals surface area contributed by atoms with Crippen LogP contribution in [0.2, 0.25) is 0 Å². The fourth-order valence-corrected chi connectivity index (χ4v) is 1.43. The van der Waals surface area contributed by atoms with Crippen molar-refractivity contribution in [2.45, 2.75) is 0 Å². The van der Waals surface area contributed by atoms with Crippen LogP contribution in [0.25, 0.3) is 0 Å². The van der Waals surface area contributed by atoms with Crippen molar-refractivity contribution in [1.29, 1.82) is 0 Å². The summed E-state index contributed by atoms with van der Waals surface area (Å²) in [6.45, 7) is 0. The maximum atomic E-state index is 11.6. The van der Waals surface area contributed by atoms with Crippen LogP contribution in [0, 0.1) is 0 Å². The highest BCUT2D eigenvalue weighted by Crippen LogP contribution is 2.12. The van der Waals surface area contributed by atoms with E-state index in [4.69, 9.17) is 5.73 Å². The van der Waals surface area contributed by atoms with Gasteiger partial charge in [-0.25, -0.2) is 19.4 Å². The van der Waals surface area contributed by atoms with Crippen molar-refractivity contribution in [3.63, 3.8) is 0 Å². The molecule has 0 radical (unpaired) electrons. The Morgan fingerprint density at radius 3 is 2.05 bits per heavy atom. The van der Waals surface area contributed by atoms with Gasteiger partial charge in [0, 0.05) is 5.69 Å². The average Bonchev–Trinajstić information content (AvgIpc) is 2.46. The second kappa shape index (κ2) is 5.68. The number of hydrogen-bond acceptors (Lipinski definition) is 5. The minimum atomic E-state index is -0.817. The normalized spacial score (nSPS) is 9.68. The smallest absolute Gasteiger partial charge is 0.388 e. The molecule has 0 bridgehead atoms. The molecule has 0 atom stereocenters. The van der Waals surface area contributed by atoms with E-state index in [1.807, 2.05) is 0 Å². The summed E-state index contributed by atoms with van der Waals surface area (Å²) in [6.07, 6.45) is 0. The number of carbonyl (C=O) groups is 2. The van der Waals surface area contributed by atoms with E-state index in [9.17, 15) is 9.59 Å². The molecule has 96 valence electrons. The number of anilines is 1. The molecule has 2 rings (SSSR count). The van der Waals surface area contributed by atoms with Gasteiger partial charge in [0.15, 0.2) is 0 Å². The van der Waals surface area contributed by atoms with Gasteiger partial charge >= 0.3 is 11.9 Å². The molecule has 0 unspecified atom stereocenters. The molecule has 5 heteroatoms. The van der Waals surface area contributed by atoms with E-state index < -0.39 is 11.9 Å². The van der Waals surface area contributed by atoms with Crippen LogP contribution in [0.15, 0.2) is 54.6 Å². The van der Waals surface area contributed by atoms with Gasteiger partial charge in [-0.05, 0) is 24.3 Å². The van der Waals surface area contributed by atoms with Gasteiger partial charge < -0.3 is 5.73 Å². The quantitative estimate of drug-likeness (QED) is 0.507. The zero-order valence-electron chi connectivity index (χ0n) is 9.91. The van der Waals surface area contributed by atoms with Crippen LogP contribution in [0.3, 0.4) is 0 Å². The maximum Gasteiger partial charge on any atom is 0.388 e. The molecule has 2 aromatic carbocycles. The fraction of sp³-hybridized carbons (Fsp3) is 0. The van der Waals surface area contributed by atoms with E-state index in [2.05, 4.69) is 9.78 Å². The van der Waals surface area contributed by atoms with Crippen molar-refractivity contribution < 1.29 is 19.4 Å². The van der Waals surface area contributed by atoms with E-state index in [1.165, 1.54) is 6.07 Å². The van der Waals surface area contributed by atoms with Crippen LogP contribution in [0.5, 0.6) is 0 Å². The van der Waals surface area contributed by atoms with Crippen LogP contribution in [-0.2, 0) is 9.78 Å². The number of para-hydroxylation sites is 1. The Bertz CT molecular complexity index is 595. The lowest BCUT2D eigenvalue weighted by Gasteiger charge is -2.04. The minimum absolute atomic E-state index is 0.142. The highest BCUT2D eigenvalue weighted by atomic mass is 17.2. The van der Waals surface area contributed by atoms with E-state index >= 15 is 0 Å². The molecule has 0 heterocycles. The Morgan fingerprint density at radius 2 is 1.37 bits per heavy atom. The molecule has 0 saturated carbocycles. The molecule has 0 aromatic heterocycles. The number of rotatable bonds is 2. The Hall–Kier alpha value is -2.82. The molecule has 5 nitrogen and oxygen atoms in total. The highest BCUT2D eigenvalue weighted by molar-refractivity contribution is 5.95. The SMILES string of the molecule is Nc1ccccc1C(=O)OOC(=O)c1ccccc1. The van der Waals surface area contributed by atoms with Crippen LogP contribution in [-0.4, -0.2) is 11.9 Å². The van der Waals surface area contributed by atoms with Crippen LogP contribution < -0.4 is 5.73 Å². The van der Waals surface area contributed by atoms with Gasteiger partial charge in [0.05, 0.1) is 11.1 Å². The van der Waals surface area contributed by atoms with Crippen molar-refractivity contribution in [3.05, 3.63) is 65.7 Å². The minimum Gasteiger partial charge on any atom is -0.398 e. The molecule has 0 aliphatic rings. The van der Waals surface area contributed by atoms with E-state index in [-0.39, 0.29) is 16.8 Å². The summed E-state index contributed by atoms with van der Waals surface area (Å²) in [5, 5.41) is 0. The van der Waals surface area contributed by atoms with Gasteiger partial charge in [-0.15, -0.1) is 0 Å². The molecule has 0 aliphatic carbocycles. The van der Waals surface area contributed by atoms with E-state index in [1.54, 1.807) is 48.5 Å². The molecule has 0 fully saturated rings. The van der Waals surface area contributed by atoms with E-state index in [0.29, 0.717) is 0 Å². The molecule has 0 aliphatic heterocycles. The first-order valence-electron chi connectivity index (χ1n) is 5.51. The van der Waals surface area contributed by atoms with Crippen molar-refractivity contribution in [1.82, 2.24) is 0 Å². The van der Waals surface area contributed by atoms with Crippen molar-refractivity contribution in [3.8, 4) is 0 Å². The first kappa shape index (κ1) is 12.6. The summed E-state index contributed by atoms with van der Waals surface area (Å²) in [4.78, 5) is 32.1. The van der Waals surface area contributed by atoms with Gasteiger partial charge in [0.25, 0.3) is 0 Å². The Labute approximate surface area is 109 Å². The fourth-order valence-electron chi connectivity index (χ4n) is 1.43. The summed E-state index contributed by atoms with van der Waals surface area (Å²) in [7, 11) is 0. The first-order chi connectivity index (χ1) is 9.18. The first-order valence-corrected chi connectivity index (χ1v) is 5.51. The molecule has 2 N–H and O–H groups in total. The Morgan fingerprint density at radius 1 is 0.789 bits per heavy atom. The van der Waals surface area contributed by atoms with Crippen LogP contribution in [0.1, 0.15) is 20.7 Å². The summed E-state index contributed by atoms with van der Waals surface area (Å²) in [5.41, 5.74) is 6.28. The number of hydrogen-bond donors (Lipinski definition) is 1. The number of carbonyl (C=O) groups excluding carboxylic acids is 2. The molecule has 2 aromatic rings. The topological polar surface area (TPSA) is 78.6 Å². The predicted molar refractivity (Wildman–Crippen MR) is 68.1 cm³/mol. The summed E-state index contributed by atoms with van der Waals surface area (Å²) in [5.74, 6) is -1.56. The molecule has 19 heavy (non-hydrogen) atoms. The van der Waals surface area contributed by atoms with Crippen LogP contribution >= 0.6 is 0 Å². The zero-order chi connectivity index (χ0) is 13.7. The molecule has 0 spiro atoms. The summed E-state index contributed by atoms with van der Waals surface area (Å²) >= 11 is 0. The third kappa shape index (κ3) is 3.10. The van der Waals surface area contributed by atoms with Crippen molar-refractivity contribution >= 4 is 17.6 Å². The Kier molecular flexibility index (Phi) is 3.78. The largest absolute Gasteiger partial charge is 0.398 e. The summed E-state index contributed by atoms with van der Waals surface area (Å²) < 4.78 is 0. The lowest BCUT2D eigenvalue weighted by molar-refractivity contribution is -0.187. The molecule has 0 saturated heterocycles. The summed E-state index contributed by atoms with van der Waals surface area (Å²) in [6, 6.07) is 14.5. The van der Waals surface area contributed by atoms with Gasteiger partial charge in [0.1, 0.15) is 0 Å². The lowest BCUT2D eigenvalue weighted by Crippen LogP contribution is -2.13. The molecular weight excluding hydrogens is 246 g/mol. The maximum absolute atomic E-state index is 11.6. The standard InChI is InChI=1S/C14H11NO4/c15-12-9-5-4-8-11(12)14(17)19-18-13(16)10-6-2-1-3-7-10/h1-9H,15H2.